The Balaban J connectivity index is 2.20. The summed E-state index contributed by atoms with van der Waals surface area (Å²) in [6.07, 6.45) is 4.58. The highest BCUT2D eigenvalue weighted by Gasteiger charge is 2.04. The molecule has 0 aliphatic carbocycles. The largest absolute Gasteiger partial charge is 0.383 e. The number of nitrogens with one attached hydrogen (secondary N) is 1. The molecule has 1 heterocycles. The molecule has 104 valence electrons. The van der Waals surface area contributed by atoms with E-state index < -0.39 is 0 Å². The van der Waals surface area contributed by atoms with E-state index in [0.29, 0.717) is 0 Å². The first-order chi connectivity index (χ1) is 8.81. The van der Waals surface area contributed by atoms with Crippen LogP contribution < -0.4 is 5.32 Å². The van der Waals surface area contributed by atoms with E-state index in [1.165, 1.54) is 24.2 Å². The summed E-state index contributed by atoms with van der Waals surface area (Å²) in [4.78, 5) is 0. The van der Waals surface area contributed by atoms with Crippen LogP contribution in [0.2, 0.25) is 0 Å². The van der Waals surface area contributed by atoms with Gasteiger partial charge in [0.2, 0.25) is 0 Å². The molecule has 0 aliphatic heterocycles. The van der Waals surface area contributed by atoms with E-state index in [1.54, 1.807) is 7.11 Å². The number of nitrogens with zero attached hydrogens (tertiary/aromatic N) is 2. The summed E-state index contributed by atoms with van der Waals surface area (Å²) in [5.74, 6) is 0. The Morgan fingerprint density at radius 1 is 1.28 bits per heavy atom. The second-order valence-electron chi connectivity index (χ2n) is 4.50. The molecule has 18 heavy (non-hydrogen) atoms. The molecule has 0 saturated carbocycles. The van der Waals surface area contributed by atoms with Crippen molar-refractivity contribution in [1.29, 1.82) is 0 Å². The van der Waals surface area contributed by atoms with Crippen molar-refractivity contribution in [3.8, 4) is 0 Å². The van der Waals surface area contributed by atoms with E-state index in [-0.39, 0.29) is 0 Å². The Bertz CT molecular complexity index is 323. The highest BCUT2D eigenvalue weighted by atomic mass is 16.5. The third-order valence-corrected chi connectivity index (χ3v) is 3.10. The van der Waals surface area contributed by atoms with Crippen molar-refractivity contribution in [2.75, 3.05) is 26.8 Å². The van der Waals surface area contributed by atoms with Crippen LogP contribution in [-0.4, -0.2) is 36.6 Å². The van der Waals surface area contributed by atoms with Gasteiger partial charge in [-0.3, -0.25) is 4.68 Å². The van der Waals surface area contributed by atoms with E-state index >= 15 is 0 Å². The van der Waals surface area contributed by atoms with Gasteiger partial charge in [-0.05, 0) is 45.2 Å². The molecule has 0 amide bonds. The summed E-state index contributed by atoms with van der Waals surface area (Å²) in [7, 11) is 1.74. The highest BCUT2D eigenvalue weighted by Crippen LogP contribution is 2.09. The second-order valence-corrected chi connectivity index (χ2v) is 4.50. The van der Waals surface area contributed by atoms with E-state index in [1.807, 2.05) is 0 Å². The van der Waals surface area contributed by atoms with Crippen molar-refractivity contribution in [2.45, 2.75) is 46.1 Å². The van der Waals surface area contributed by atoms with Crippen LogP contribution in [0.25, 0.3) is 0 Å². The lowest BCUT2D eigenvalue weighted by Crippen LogP contribution is -2.20. The van der Waals surface area contributed by atoms with Gasteiger partial charge in [0.05, 0.1) is 12.3 Å². The van der Waals surface area contributed by atoms with Crippen LogP contribution in [0, 0.1) is 0 Å². The average molecular weight is 253 g/mol. The fraction of sp³-hybridized carbons (Fsp3) is 0.786. The van der Waals surface area contributed by atoms with Gasteiger partial charge in [-0.25, -0.2) is 0 Å². The van der Waals surface area contributed by atoms with Crippen LogP contribution in [-0.2, 0) is 24.1 Å². The number of hydrogen-bond acceptors (Lipinski definition) is 3. The van der Waals surface area contributed by atoms with Crippen molar-refractivity contribution >= 4 is 0 Å². The minimum Gasteiger partial charge on any atom is -0.383 e. The summed E-state index contributed by atoms with van der Waals surface area (Å²) in [6, 6.07) is 2.25. The van der Waals surface area contributed by atoms with Crippen molar-refractivity contribution in [1.82, 2.24) is 15.1 Å². The number of methoxy groups -OCH3 is 1. The Morgan fingerprint density at radius 3 is 2.78 bits per heavy atom. The molecule has 0 radical (unpaired) electrons. The zero-order chi connectivity index (χ0) is 13.2. The lowest BCUT2D eigenvalue weighted by molar-refractivity contribution is 0.199. The molecule has 1 aromatic heterocycles. The third kappa shape index (κ3) is 5.19. The van der Waals surface area contributed by atoms with Crippen molar-refractivity contribution < 1.29 is 4.74 Å². The first kappa shape index (κ1) is 15.2. The zero-order valence-electron chi connectivity index (χ0n) is 12.0. The van der Waals surface area contributed by atoms with Gasteiger partial charge in [-0.1, -0.05) is 6.92 Å². The summed E-state index contributed by atoms with van der Waals surface area (Å²) in [5, 5.41) is 7.94. The van der Waals surface area contributed by atoms with E-state index in [2.05, 4.69) is 35.0 Å². The first-order valence-corrected chi connectivity index (χ1v) is 7.07. The zero-order valence-corrected chi connectivity index (χ0v) is 12.0. The Labute approximate surface area is 111 Å². The van der Waals surface area contributed by atoms with Crippen LogP contribution in [0.4, 0.5) is 0 Å². The van der Waals surface area contributed by atoms with Gasteiger partial charge in [0.1, 0.15) is 0 Å². The predicted molar refractivity (Wildman–Crippen MR) is 75.0 cm³/mol. The molecule has 4 nitrogen and oxygen atoms in total. The maximum Gasteiger partial charge on any atom is 0.0624 e. The van der Waals surface area contributed by atoms with Gasteiger partial charge in [-0.2, -0.15) is 5.10 Å². The minimum atomic E-state index is 0.794. The monoisotopic (exact) mass is 253 g/mol. The number of aromatic nitrogens is 2. The summed E-state index contributed by atoms with van der Waals surface area (Å²) < 4.78 is 7.13. The van der Waals surface area contributed by atoms with Crippen LogP contribution in [0.1, 0.15) is 38.1 Å². The highest BCUT2D eigenvalue weighted by molar-refractivity contribution is 5.10. The molecular weight excluding hydrogens is 226 g/mol. The minimum absolute atomic E-state index is 0.794. The van der Waals surface area contributed by atoms with Crippen LogP contribution in [0.5, 0.6) is 0 Å². The summed E-state index contributed by atoms with van der Waals surface area (Å²) >= 11 is 0. The predicted octanol–water partition coefficient (Wildman–Crippen LogP) is 2.02. The number of hydrogen-bond donors (Lipinski definition) is 1. The topological polar surface area (TPSA) is 39.1 Å². The summed E-state index contributed by atoms with van der Waals surface area (Å²) in [5.41, 5.74) is 2.59. The Morgan fingerprint density at radius 2 is 2.11 bits per heavy atom. The van der Waals surface area contributed by atoms with Crippen LogP contribution in [0.15, 0.2) is 6.07 Å². The van der Waals surface area contributed by atoms with E-state index in [4.69, 9.17) is 4.74 Å². The molecule has 0 unspecified atom stereocenters. The smallest absolute Gasteiger partial charge is 0.0624 e. The lowest BCUT2D eigenvalue weighted by atomic mass is 10.1. The summed E-state index contributed by atoms with van der Waals surface area (Å²) in [6.45, 7) is 8.10. The number of ether oxygens (including phenoxy) is 1. The van der Waals surface area contributed by atoms with Gasteiger partial charge in [0.15, 0.2) is 0 Å². The number of unbranched alkanes of at least 4 members (excludes halogenated alkanes) is 1. The number of aryl methyl sites for hydroxylation is 3. The molecule has 0 spiro atoms. The molecule has 0 bridgehead atoms. The maximum atomic E-state index is 4.99. The average Bonchev–Trinajstić information content (AvgIpc) is 2.80. The van der Waals surface area contributed by atoms with Crippen molar-refractivity contribution in [3.05, 3.63) is 17.5 Å². The van der Waals surface area contributed by atoms with Crippen molar-refractivity contribution in [2.24, 2.45) is 0 Å². The first-order valence-electron chi connectivity index (χ1n) is 7.07. The molecule has 0 fully saturated rings. The molecule has 0 aromatic carbocycles. The fourth-order valence-electron chi connectivity index (χ4n) is 2.02. The van der Waals surface area contributed by atoms with E-state index in [9.17, 15) is 0 Å². The molecule has 1 rings (SSSR count). The molecule has 4 heteroatoms. The number of rotatable bonds is 10. The Kier molecular flexibility index (Phi) is 7.69. The fourth-order valence-corrected chi connectivity index (χ4v) is 2.02. The molecular formula is C14H27N3O. The molecule has 0 aliphatic rings. The van der Waals surface area contributed by atoms with Gasteiger partial charge >= 0.3 is 0 Å². The van der Waals surface area contributed by atoms with Gasteiger partial charge in [0, 0.05) is 25.9 Å². The standard InChI is InChI=1S/C14H27N3O/c1-4-13-12-14(17(5-2)16-13)8-6-7-9-15-10-11-18-3/h12,15H,4-11H2,1-3H3. The lowest BCUT2D eigenvalue weighted by Gasteiger charge is -2.05. The van der Waals surface area contributed by atoms with Crippen LogP contribution in [0.3, 0.4) is 0 Å². The molecule has 0 saturated heterocycles. The Hall–Kier alpha value is -0.870. The third-order valence-electron chi connectivity index (χ3n) is 3.10. The molecule has 0 atom stereocenters. The van der Waals surface area contributed by atoms with E-state index in [0.717, 1.165) is 39.1 Å². The second kappa shape index (κ2) is 9.11. The normalized spacial score (nSPS) is 11.1. The van der Waals surface area contributed by atoms with Crippen molar-refractivity contribution in [3.63, 3.8) is 0 Å². The van der Waals surface area contributed by atoms with Gasteiger partial charge < -0.3 is 10.1 Å². The van der Waals surface area contributed by atoms with Gasteiger partial charge in [0.25, 0.3) is 0 Å². The van der Waals surface area contributed by atoms with Gasteiger partial charge in [-0.15, -0.1) is 0 Å². The molecule has 1 aromatic rings. The quantitative estimate of drug-likeness (QED) is 0.648. The van der Waals surface area contributed by atoms with Crippen LogP contribution >= 0.6 is 0 Å². The SMILES string of the molecule is CCc1cc(CCCCNCCOC)n(CC)n1. The maximum absolute atomic E-state index is 4.99. The molecule has 1 N–H and O–H groups in total.